The molecule has 8 heteroatoms. The van der Waals surface area contributed by atoms with E-state index in [1.807, 2.05) is 18.3 Å². The summed E-state index contributed by atoms with van der Waals surface area (Å²) in [6, 6.07) is 6.12. The molecule has 0 bridgehead atoms. The number of nitrogens with zero attached hydrogens (tertiary/aromatic N) is 5. The summed E-state index contributed by atoms with van der Waals surface area (Å²) < 4.78 is 29.2. The summed E-state index contributed by atoms with van der Waals surface area (Å²) in [6.45, 7) is 5.31. The first kappa shape index (κ1) is 21.4. The molecule has 0 amide bonds. The predicted molar refractivity (Wildman–Crippen MR) is 117 cm³/mol. The summed E-state index contributed by atoms with van der Waals surface area (Å²) in [5.74, 6) is 0.510. The Balaban J connectivity index is 1.96. The number of rotatable bonds is 8. The topological polar surface area (TPSA) is 71.3 Å². The molecule has 0 N–H and O–H groups in total. The van der Waals surface area contributed by atoms with Gasteiger partial charge in [0.05, 0.1) is 0 Å². The average molecular weight is 416 g/mol. The Kier molecular flexibility index (Phi) is 6.36. The van der Waals surface area contributed by atoms with Crippen molar-refractivity contribution in [1.29, 1.82) is 0 Å². The van der Waals surface area contributed by atoms with E-state index in [4.69, 9.17) is 4.98 Å². The van der Waals surface area contributed by atoms with Gasteiger partial charge in [0.25, 0.3) is 10.2 Å². The highest BCUT2D eigenvalue weighted by atomic mass is 32.2. The second-order valence-electron chi connectivity index (χ2n) is 7.89. The van der Waals surface area contributed by atoms with Gasteiger partial charge in [-0.3, -0.25) is 4.98 Å². The van der Waals surface area contributed by atoms with Crippen LogP contribution in [0.1, 0.15) is 19.4 Å². The van der Waals surface area contributed by atoms with Gasteiger partial charge >= 0.3 is 0 Å². The molecule has 0 unspecified atom stereocenters. The van der Waals surface area contributed by atoms with Crippen molar-refractivity contribution < 1.29 is 8.42 Å². The first-order valence-electron chi connectivity index (χ1n) is 9.72. The van der Waals surface area contributed by atoms with E-state index in [2.05, 4.69) is 35.7 Å². The zero-order chi connectivity index (χ0) is 21.2. The monoisotopic (exact) mass is 415 g/mol. The molecular weight excluding hydrogens is 386 g/mol. The summed E-state index contributed by atoms with van der Waals surface area (Å²) in [5, 5.41) is 1.12. The van der Waals surface area contributed by atoms with Crippen molar-refractivity contribution in [3.8, 4) is 11.1 Å². The molecule has 0 saturated heterocycles. The third-order valence-electron chi connectivity index (χ3n) is 4.95. The second kappa shape index (κ2) is 8.61. The third kappa shape index (κ3) is 4.66. The number of pyridine rings is 2. The van der Waals surface area contributed by atoms with Gasteiger partial charge in [-0.2, -0.15) is 17.0 Å². The van der Waals surface area contributed by atoms with E-state index in [1.165, 1.54) is 14.2 Å². The summed E-state index contributed by atoms with van der Waals surface area (Å²) in [5.41, 5.74) is 4.25. The fourth-order valence-corrected chi connectivity index (χ4v) is 4.23. The van der Waals surface area contributed by atoms with Crippen LogP contribution in [0.3, 0.4) is 0 Å². The summed E-state index contributed by atoms with van der Waals surface area (Å²) in [6.07, 6.45) is 8.48. The minimum atomic E-state index is -3.43. The van der Waals surface area contributed by atoms with Crippen molar-refractivity contribution >= 4 is 21.2 Å². The Morgan fingerprint density at radius 2 is 1.79 bits per heavy atom. The number of hydrogen-bond acceptors (Lipinski definition) is 4. The van der Waals surface area contributed by atoms with Gasteiger partial charge in [-0.15, -0.1) is 0 Å². The fourth-order valence-electron chi connectivity index (χ4n) is 3.36. The third-order valence-corrected chi connectivity index (χ3v) is 6.84. The molecule has 3 rings (SSSR count). The van der Waals surface area contributed by atoms with E-state index >= 15 is 0 Å². The molecule has 0 radical (unpaired) electrons. The Morgan fingerprint density at radius 1 is 1.10 bits per heavy atom. The van der Waals surface area contributed by atoms with Gasteiger partial charge in [0.1, 0.15) is 5.65 Å². The second-order valence-corrected chi connectivity index (χ2v) is 10.1. The highest BCUT2D eigenvalue weighted by Crippen LogP contribution is 2.27. The van der Waals surface area contributed by atoms with E-state index < -0.39 is 10.2 Å². The van der Waals surface area contributed by atoms with Crippen molar-refractivity contribution in [1.82, 2.24) is 23.1 Å². The van der Waals surface area contributed by atoms with E-state index in [-0.39, 0.29) is 0 Å². The highest BCUT2D eigenvalue weighted by molar-refractivity contribution is 7.86. The van der Waals surface area contributed by atoms with Crippen molar-refractivity contribution in [3.05, 3.63) is 48.5 Å². The zero-order valence-electron chi connectivity index (χ0n) is 17.7. The maximum Gasteiger partial charge on any atom is 0.281 e. The van der Waals surface area contributed by atoms with E-state index in [1.54, 1.807) is 33.5 Å². The van der Waals surface area contributed by atoms with Gasteiger partial charge in [-0.1, -0.05) is 13.8 Å². The molecule has 3 aromatic rings. The molecule has 0 aliphatic rings. The van der Waals surface area contributed by atoms with Gasteiger partial charge < -0.3 is 4.57 Å². The van der Waals surface area contributed by atoms with Crippen LogP contribution in [0, 0.1) is 5.92 Å². The van der Waals surface area contributed by atoms with Crippen molar-refractivity contribution in [3.63, 3.8) is 0 Å². The molecule has 3 aromatic heterocycles. The van der Waals surface area contributed by atoms with Crippen molar-refractivity contribution in [2.75, 3.05) is 27.7 Å². The molecule has 0 saturated carbocycles. The summed E-state index contributed by atoms with van der Waals surface area (Å²) in [7, 11) is 1.26. The molecule has 0 aliphatic carbocycles. The van der Waals surface area contributed by atoms with Gasteiger partial charge in [0.15, 0.2) is 0 Å². The zero-order valence-corrected chi connectivity index (χ0v) is 18.5. The molecule has 3 heterocycles. The summed E-state index contributed by atoms with van der Waals surface area (Å²) >= 11 is 0. The van der Waals surface area contributed by atoms with E-state index in [0.29, 0.717) is 19.0 Å². The van der Waals surface area contributed by atoms with Crippen LogP contribution in [0.4, 0.5) is 0 Å². The normalized spacial score (nSPS) is 12.6. The first-order valence-corrected chi connectivity index (χ1v) is 11.1. The highest BCUT2D eigenvalue weighted by Gasteiger charge is 2.21. The van der Waals surface area contributed by atoms with Crippen LogP contribution in [-0.2, 0) is 23.2 Å². The largest absolute Gasteiger partial charge is 0.331 e. The Morgan fingerprint density at radius 3 is 2.41 bits per heavy atom. The molecule has 29 heavy (non-hydrogen) atoms. The predicted octanol–water partition coefficient (Wildman–Crippen LogP) is 3.04. The lowest BCUT2D eigenvalue weighted by molar-refractivity contribution is 0.404. The molecule has 0 aliphatic heterocycles. The molecule has 156 valence electrons. The van der Waals surface area contributed by atoms with Gasteiger partial charge in [-0.05, 0) is 41.7 Å². The SMILES string of the molecule is CC(C)Cc1cn(CCN(C)S(=O)(=O)N(C)C)c2ncc(-c3ccncc3)cc12. The first-order chi connectivity index (χ1) is 13.7. The van der Waals surface area contributed by atoms with Crippen LogP contribution in [0.5, 0.6) is 0 Å². The lowest BCUT2D eigenvalue weighted by Crippen LogP contribution is -2.38. The van der Waals surface area contributed by atoms with Gasteiger partial charge in [0.2, 0.25) is 0 Å². The Labute approximate surface area is 173 Å². The average Bonchev–Trinajstić information content (AvgIpc) is 3.02. The maximum atomic E-state index is 12.3. The van der Waals surface area contributed by atoms with Crippen LogP contribution in [0.25, 0.3) is 22.2 Å². The number of likely N-dealkylation sites (N-methyl/N-ethyl adjacent to an activating group) is 1. The lowest BCUT2D eigenvalue weighted by Gasteiger charge is -2.21. The van der Waals surface area contributed by atoms with Crippen LogP contribution < -0.4 is 0 Å². The number of aromatic nitrogens is 3. The molecular formula is C21H29N5O2S. The minimum absolute atomic E-state index is 0.374. The minimum Gasteiger partial charge on any atom is -0.331 e. The quantitative estimate of drug-likeness (QED) is 0.567. The maximum absolute atomic E-state index is 12.3. The molecule has 0 aromatic carbocycles. The lowest BCUT2D eigenvalue weighted by atomic mass is 10.0. The van der Waals surface area contributed by atoms with Crippen LogP contribution in [0.2, 0.25) is 0 Å². The number of hydrogen-bond donors (Lipinski definition) is 0. The van der Waals surface area contributed by atoms with Gasteiger partial charge in [0, 0.05) is 70.0 Å². The van der Waals surface area contributed by atoms with Crippen molar-refractivity contribution in [2.24, 2.45) is 5.92 Å². The van der Waals surface area contributed by atoms with E-state index in [9.17, 15) is 8.42 Å². The molecule has 0 atom stereocenters. The molecule has 0 fully saturated rings. The molecule has 0 spiro atoms. The number of fused-ring (bicyclic) bond motifs is 1. The molecule has 7 nitrogen and oxygen atoms in total. The van der Waals surface area contributed by atoms with Crippen LogP contribution in [0.15, 0.2) is 43.0 Å². The smallest absolute Gasteiger partial charge is 0.281 e. The Bertz CT molecular complexity index is 1080. The van der Waals surface area contributed by atoms with Crippen LogP contribution in [-0.4, -0.2) is 59.3 Å². The van der Waals surface area contributed by atoms with Crippen LogP contribution >= 0.6 is 0 Å². The fraction of sp³-hybridized carbons (Fsp3) is 0.429. The Hall–Kier alpha value is -2.29. The standard InChI is InChI=1S/C21H29N5O2S/c1-16(2)12-19-15-26(11-10-25(5)29(27,28)24(3)4)21-20(19)13-18(14-23-21)17-6-8-22-9-7-17/h6-9,13-16H,10-12H2,1-5H3. The van der Waals surface area contributed by atoms with Crippen molar-refractivity contribution in [2.45, 2.75) is 26.8 Å². The van der Waals surface area contributed by atoms with E-state index in [0.717, 1.165) is 28.6 Å². The summed E-state index contributed by atoms with van der Waals surface area (Å²) in [4.78, 5) is 8.81. The van der Waals surface area contributed by atoms with Gasteiger partial charge in [-0.25, -0.2) is 4.98 Å².